The fraction of sp³-hybridized carbons (Fsp3) is 0.526. The molecule has 6 heteroatoms. The van der Waals surface area contributed by atoms with Crippen LogP contribution in [0.15, 0.2) is 23.7 Å². The van der Waals surface area contributed by atoms with E-state index in [1.807, 2.05) is 12.3 Å². The molecule has 0 saturated carbocycles. The summed E-state index contributed by atoms with van der Waals surface area (Å²) >= 11 is 1.75. The molecule has 2 aliphatic heterocycles. The van der Waals surface area contributed by atoms with Gasteiger partial charge in [-0.05, 0) is 25.5 Å². The zero-order valence-corrected chi connectivity index (χ0v) is 15.4. The van der Waals surface area contributed by atoms with Crippen LogP contribution in [0.1, 0.15) is 42.3 Å². The Balaban J connectivity index is 1.61. The molecule has 1 atom stereocenters. The summed E-state index contributed by atoms with van der Waals surface area (Å²) in [5.74, 6) is 2.48. The van der Waals surface area contributed by atoms with Gasteiger partial charge in [0.2, 0.25) is 0 Å². The van der Waals surface area contributed by atoms with Gasteiger partial charge in [0.15, 0.2) is 11.5 Å². The topological polar surface area (TPSA) is 43.8 Å². The van der Waals surface area contributed by atoms with Crippen LogP contribution in [0.25, 0.3) is 0 Å². The number of methoxy groups -OCH3 is 1. The van der Waals surface area contributed by atoms with E-state index in [1.165, 1.54) is 24.3 Å². The highest BCUT2D eigenvalue weighted by molar-refractivity contribution is 7.09. The van der Waals surface area contributed by atoms with Crippen molar-refractivity contribution >= 4 is 11.3 Å². The fourth-order valence-corrected chi connectivity index (χ4v) is 4.43. The van der Waals surface area contributed by atoms with E-state index in [0.29, 0.717) is 19.3 Å². The third-order valence-corrected chi connectivity index (χ3v) is 5.75. The number of nitrogens with zero attached hydrogens (tertiary/aromatic N) is 2. The maximum Gasteiger partial charge on any atom is 0.164 e. The van der Waals surface area contributed by atoms with Crippen LogP contribution in [0.4, 0.5) is 0 Å². The highest BCUT2D eigenvalue weighted by Gasteiger charge is 2.27. The summed E-state index contributed by atoms with van der Waals surface area (Å²) in [4.78, 5) is 7.08. The number of likely N-dealkylation sites (tertiary alicyclic amines) is 1. The van der Waals surface area contributed by atoms with Crippen LogP contribution in [0.5, 0.6) is 17.2 Å². The van der Waals surface area contributed by atoms with Crippen molar-refractivity contribution < 1.29 is 14.2 Å². The van der Waals surface area contributed by atoms with Crippen molar-refractivity contribution in [2.24, 2.45) is 0 Å². The smallest absolute Gasteiger partial charge is 0.164 e. The Kier molecular flexibility index (Phi) is 5.08. The highest BCUT2D eigenvalue weighted by Crippen LogP contribution is 2.39. The molecule has 0 radical (unpaired) electrons. The average Bonchev–Trinajstić information content (AvgIpc) is 3.08. The van der Waals surface area contributed by atoms with Gasteiger partial charge in [-0.1, -0.05) is 6.42 Å². The number of rotatable bonds is 4. The molecule has 1 aromatic heterocycles. The number of hydrogen-bond donors (Lipinski definition) is 0. The minimum Gasteiger partial charge on any atom is -0.496 e. The van der Waals surface area contributed by atoms with Crippen molar-refractivity contribution in [3.05, 3.63) is 34.3 Å². The van der Waals surface area contributed by atoms with Gasteiger partial charge in [-0.15, -0.1) is 11.3 Å². The van der Waals surface area contributed by atoms with Gasteiger partial charge in [-0.3, -0.25) is 4.90 Å². The molecular weight excluding hydrogens is 336 g/mol. The van der Waals surface area contributed by atoms with E-state index in [9.17, 15) is 0 Å². The first kappa shape index (κ1) is 16.7. The predicted molar refractivity (Wildman–Crippen MR) is 97.7 cm³/mol. The van der Waals surface area contributed by atoms with Gasteiger partial charge in [0.1, 0.15) is 10.8 Å². The molecule has 134 valence electrons. The van der Waals surface area contributed by atoms with Crippen molar-refractivity contribution in [1.82, 2.24) is 9.88 Å². The van der Waals surface area contributed by atoms with Crippen LogP contribution in [0.2, 0.25) is 0 Å². The molecule has 0 N–H and O–H groups in total. The van der Waals surface area contributed by atoms with E-state index >= 15 is 0 Å². The molecule has 2 aromatic rings. The molecule has 0 spiro atoms. The Morgan fingerprint density at radius 1 is 1.20 bits per heavy atom. The summed E-state index contributed by atoms with van der Waals surface area (Å²) in [6, 6.07) is 4.46. The standard InChI is InChI=1S/C19H24N2O3S/c1-22-16-12-18-17(23-8-4-9-24-18)11-14(16)13-21-7-3-2-5-15(21)19-20-6-10-25-19/h6,10-12,15H,2-5,7-9,13H2,1H3/t15-/m1/s1. The van der Waals surface area contributed by atoms with Crippen molar-refractivity contribution in [2.75, 3.05) is 26.9 Å². The highest BCUT2D eigenvalue weighted by atomic mass is 32.1. The van der Waals surface area contributed by atoms with Crippen molar-refractivity contribution in [1.29, 1.82) is 0 Å². The molecule has 1 fully saturated rings. The number of aromatic nitrogens is 1. The van der Waals surface area contributed by atoms with Gasteiger partial charge in [0, 0.05) is 36.2 Å². The second-order valence-corrected chi connectivity index (χ2v) is 7.44. The molecule has 5 nitrogen and oxygen atoms in total. The Morgan fingerprint density at radius 2 is 2.04 bits per heavy atom. The molecule has 1 saturated heterocycles. The second kappa shape index (κ2) is 7.62. The number of thiazole rings is 1. The van der Waals surface area contributed by atoms with Gasteiger partial charge >= 0.3 is 0 Å². The van der Waals surface area contributed by atoms with E-state index in [4.69, 9.17) is 14.2 Å². The van der Waals surface area contributed by atoms with Crippen LogP contribution in [0, 0.1) is 0 Å². The fourth-order valence-electron chi connectivity index (χ4n) is 3.62. The summed E-state index contributed by atoms with van der Waals surface area (Å²) < 4.78 is 17.3. The van der Waals surface area contributed by atoms with Gasteiger partial charge in [0.05, 0.1) is 26.4 Å². The largest absolute Gasteiger partial charge is 0.496 e. The van der Waals surface area contributed by atoms with Crippen LogP contribution < -0.4 is 14.2 Å². The number of piperidine rings is 1. The van der Waals surface area contributed by atoms with Gasteiger partial charge < -0.3 is 14.2 Å². The van der Waals surface area contributed by atoms with Gasteiger partial charge in [-0.2, -0.15) is 0 Å². The van der Waals surface area contributed by atoms with Crippen molar-refractivity contribution in [3.63, 3.8) is 0 Å². The Bertz CT molecular complexity index is 705. The molecule has 25 heavy (non-hydrogen) atoms. The molecule has 0 unspecified atom stereocenters. The first-order valence-corrected chi connectivity index (χ1v) is 9.83. The minimum atomic E-state index is 0.398. The molecule has 0 amide bonds. The third kappa shape index (κ3) is 3.60. The minimum absolute atomic E-state index is 0.398. The Morgan fingerprint density at radius 3 is 2.80 bits per heavy atom. The van der Waals surface area contributed by atoms with E-state index in [2.05, 4.69) is 21.3 Å². The molecule has 2 aliphatic rings. The summed E-state index contributed by atoms with van der Waals surface area (Å²) in [6.07, 6.45) is 6.47. The molecular formula is C19H24N2O3S. The third-order valence-electron chi connectivity index (χ3n) is 4.87. The zero-order chi connectivity index (χ0) is 17.1. The van der Waals surface area contributed by atoms with Crippen LogP contribution in [0.3, 0.4) is 0 Å². The summed E-state index contributed by atoms with van der Waals surface area (Å²) in [7, 11) is 1.72. The second-order valence-electron chi connectivity index (χ2n) is 6.51. The van der Waals surface area contributed by atoms with Gasteiger partial charge in [-0.25, -0.2) is 4.98 Å². The SMILES string of the molecule is COc1cc2c(cc1CN1CCCC[C@@H]1c1nccs1)OCCCO2. The monoisotopic (exact) mass is 360 g/mol. The van der Waals surface area contributed by atoms with Crippen molar-refractivity contribution in [3.8, 4) is 17.2 Å². The van der Waals surface area contributed by atoms with E-state index in [0.717, 1.165) is 42.3 Å². The molecule has 3 heterocycles. The number of benzene rings is 1. The Hall–Kier alpha value is -1.79. The zero-order valence-electron chi connectivity index (χ0n) is 14.6. The summed E-state index contributed by atoms with van der Waals surface area (Å²) in [5, 5.41) is 3.28. The Labute approximate surface area is 152 Å². The van der Waals surface area contributed by atoms with E-state index in [-0.39, 0.29) is 0 Å². The average molecular weight is 360 g/mol. The lowest BCUT2D eigenvalue weighted by molar-refractivity contribution is 0.138. The molecule has 0 aliphatic carbocycles. The first-order chi connectivity index (χ1) is 12.3. The van der Waals surface area contributed by atoms with E-state index < -0.39 is 0 Å². The van der Waals surface area contributed by atoms with E-state index in [1.54, 1.807) is 18.4 Å². The number of hydrogen-bond acceptors (Lipinski definition) is 6. The summed E-state index contributed by atoms with van der Waals surface area (Å²) in [5.41, 5.74) is 1.15. The number of fused-ring (bicyclic) bond motifs is 1. The lowest BCUT2D eigenvalue weighted by atomic mass is 10.0. The maximum absolute atomic E-state index is 5.87. The lowest BCUT2D eigenvalue weighted by Gasteiger charge is -2.34. The van der Waals surface area contributed by atoms with Crippen LogP contribution in [-0.2, 0) is 6.54 Å². The normalized spacial score (nSPS) is 20.9. The first-order valence-electron chi connectivity index (χ1n) is 8.95. The molecule has 4 rings (SSSR count). The lowest BCUT2D eigenvalue weighted by Crippen LogP contribution is -2.33. The number of ether oxygens (including phenoxy) is 3. The molecule has 1 aromatic carbocycles. The van der Waals surface area contributed by atoms with Gasteiger partial charge in [0.25, 0.3) is 0 Å². The maximum atomic E-state index is 5.87. The summed E-state index contributed by atoms with van der Waals surface area (Å²) in [6.45, 7) is 3.31. The van der Waals surface area contributed by atoms with Crippen molar-refractivity contribution in [2.45, 2.75) is 38.3 Å². The van der Waals surface area contributed by atoms with Crippen LogP contribution in [-0.4, -0.2) is 36.8 Å². The predicted octanol–water partition coefficient (Wildman–Crippen LogP) is 4.04. The van der Waals surface area contributed by atoms with Crippen LogP contribution >= 0.6 is 11.3 Å². The quantitative estimate of drug-likeness (QED) is 0.823. The molecule has 0 bridgehead atoms.